The predicted octanol–water partition coefficient (Wildman–Crippen LogP) is 5.09. The number of benzene rings is 1. The van der Waals surface area contributed by atoms with Crippen LogP contribution in [-0.2, 0) is 0 Å². The van der Waals surface area contributed by atoms with Gasteiger partial charge in [0.1, 0.15) is 10.7 Å². The number of hydrogen-bond donors (Lipinski definition) is 1. The van der Waals surface area contributed by atoms with Gasteiger partial charge in [-0.05, 0) is 52.5 Å². The van der Waals surface area contributed by atoms with Crippen LogP contribution in [0.5, 0.6) is 5.75 Å². The standard InChI is InChI=1S/C13H12Cl2INOS/c1-7(6-19)5-18-13-10(16)4-9(14)8-2-3-11(15)17-12(8)13/h2-4,7,19H,5-6H2,1H3. The summed E-state index contributed by atoms with van der Waals surface area (Å²) in [5.74, 6) is 1.87. The lowest BCUT2D eigenvalue weighted by Crippen LogP contribution is -2.11. The molecule has 0 aliphatic carbocycles. The van der Waals surface area contributed by atoms with Crippen LogP contribution in [0.1, 0.15) is 6.92 Å². The molecule has 0 amide bonds. The summed E-state index contributed by atoms with van der Waals surface area (Å²) in [6.45, 7) is 2.67. The van der Waals surface area contributed by atoms with E-state index in [4.69, 9.17) is 27.9 Å². The van der Waals surface area contributed by atoms with Gasteiger partial charge in [-0.25, -0.2) is 4.98 Å². The maximum atomic E-state index is 6.22. The molecule has 0 fully saturated rings. The van der Waals surface area contributed by atoms with Crippen molar-refractivity contribution in [2.24, 2.45) is 5.92 Å². The Labute approximate surface area is 141 Å². The highest BCUT2D eigenvalue weighted by molar-refractivity contribution is 14.1. The highest BCUT2D eigenvalue weighted by Crippen LogP contribution is 2.35. The summed E-state index contributed by atoms with van der Waals surface area (Å²) < 4.78 is 6.80. The monoisotopic (exact) mass is 427 g/mol. The first-order valence-corrected chi connectivity index (χ1v) is 8.17. The lowest BCUT2D eigenvalue weighted by Gasteiger charge is -2.14. The van der Waals surface area contributed by atoms with E-state index in [1.807, 2.05) is 12.1 Å². The third kappa shape index (κ3) is 3.60. The number of fused-ring (bicyclic) bond motifs is 1. The molecule has 0 aliphatic rings. The normalized spacial score (nSPS) is 12.7. The molecule has 2 aromatic rings. The van der Waals surface area contributed by atoms with Crippen molar-refractivity contribution < 1.29 is 4.74 Å². The van der Waals surface area contributed by atoms with E-state index in [-0.39, 0.29) is 0 Å². The average molecular weight is 428 g/mol. The second kappa shape index (κ2) is 6.70. The number of ether oxygens (including phenoxy) is 1. The Kier molecular flexibility index (Phi) is 5.45. The molecular formula is C13H12Cl2INOS. The Balaban J connectivity index is 2.49. The van der Waals surface area contributed by atoms with Crippen molar-refractivity contribution in [1.29, 1.82) is 0 Å². The molecule has 6 heteroatoms. The summed E-state index contributed by atoms with van der Waals surface area (Å²) in [6.07, 6.45) is 0. The highest BCUT2D eigenvalue weighted by Gasteiger charge is 2.14. The molecule has 0 N–H and O–H groups in total. The van der Waals surface area contributed by atoms with Crippen LogP contribution in [-0.4, -0.2) is 17.3 Å². The van der Waals surface area contributed by atoms with Crippen molar-refractivity contribution in [3.63, 3.8) is 0 Å². The van der Waals surface area contributed by atoms with Crippen LogP contribution in [0.2, 0.25) is 10.2 Å². The molecular weight excluding hydrogens is 416 g/mol. The van der Waals surface area contributed by atoms with Gasteiger partial charge in [-0.15, -0.1) is 0 Å². The van der Waals surface area contributed by atoms with Gasteiger partial charge in [0.15, 0.2) is 5.75 Å². The lowest BCUT2D eigenvalue weighted by atomic mass is 10.2. The third-order valence-electron chi connectivity index (χ3n) is 2.63. The van der Waals surface area contributed by atoms with Crippen LogP contribution in [0.15, 0.2) is 18.2 Å². The first kappa shape index (κ1) is 15.5. The maximum absolute atomic E-state index is 6.22. The Morgan fingerprint density at radius 2 is 2.16 bits per heavy atom. The van der Waals surface area contributed by atoms with Crippen LogP contribution in [0, 0.1) is 9.49 Å². The maximum Gasteiger partial charge on any atom is 0.158 e. The molecule has 102 valence electrons. The molecule has 0 spiro atoms. The molecule has 1 unspecified atom stereocenters. The molecule has 2 nitrogen and oxygen atoms in total. The summed E-state index contributed by atoms with van der Waals surface area (Å²) in [5, 5.41) is 1.93. The first-order chi connectivity index (χ1) is 9.02. The summed E-state index contributed by atoms with van der Waals surface area (Å²) >= 11 is 18.6. The van der Waals surface area contributed by atoms with Crippen molar-refractivity contribution in [1.82, 2.24) is 4.98 Å². The number of pyridine rings is 1. The molecule has 1 aromatic heterocycles. The topological polar surface area (TPSA) is 22.1 Å². The van der Waals surface area contributed by atoms with Gasteiger partial charge in [-0.3, -0.25) is 0 Å². The van der Waals surface area contributed by atoms with Gasteiger partial charge >= 0.3 is 0 Å². The van der Waals surface area contributed by atoms with Gasteiger partial charge in [0, 0.05) is 5.39 Å². The summed E-state index contributed by atoms with van der Waals surface area (Å²) in [4.78, 5) is 4.33. The molecule has 1 atom stereocenters. The molecule has 0 bridgehead atoms. The van der Waals surface area contributed by atoms with Gasteiger partial charge in [0.25, 0.3) is 0 Å². The molecule has 0 saturated heterocycles. The summed E-state index contributed by atoms with van der Waals surface area (Å²) in [7, 11) is 0. The Bertz CT molecular complexity index is 609. The quantitative estimate of drug-likeness (QED) is 0.417. The fourth-order valence-corrected chi connectivity index (χ4v) is 3.01. The van der Waals surface area contributed by atoms with E-state index in [0.29, 0.717) is 28.2 Å². The number of hydrogen-bond acceptors (Lipinski definition) is 3. The molecule has 0 aliphatic heterocycles. The second-order valence-corrected chi connectivity index (χ2v) is 6.62. The fourth-order valence-electron chi connectivity index (χ4n) is 1.58. The smallest absolute Gasteiger partial charge is 0.158 e. The van der Waals surface area contributed by atoms with E-state index >= 15 is 0 Å². The van der Waals surface area contributed by atoms with Crippen molar-refractivity contribution >= 4 is 69.3 Å². The van der Waals surface area contributed by atoms with E-state index in [1.54, 1.807) is 6.07 Å². The van der Waals surface area contributed by atoms with Crippen LogP contribution in [0.25, 0.3) is 10.9 Å². The van der Waals surface area contributed by atoms with Crippen molar-refractivity contribution in [2.75, 3.05) is 12.4 Å². The highest BCUT2D eigenvalue weighted by atomic mass is 127. The lowest BCUT2D eigenvalue weighted by molar-refractivity contribution is 0.274. The Morgan fingerprint density at radius 1 is 1.42 bits per heavy atom. The zero-order chi connectivity index (χ0) is 14.0. The number of thiol groups is 1. The van der Waals surface area contributed by atoms with Crippen molar-refractivity contribution in [3.8, 4) is 5.75 Å². The van der Waals surface area contributed by atoms with Gasteiger partial charge in [-0.1, -0.05) is 30.1 Å². The number of nitrogens with zero attached hydrogens (tertiary/aromatic N) is 1. The SMILES string of the molecule is CC(CS)COc1c(I)cc(Cl)c2ccc(Cl)nc12. The third-order valence-corrected chi connectivity index (χ3v) is 4.58. The number of halogens is 3. The zero-order valence-electron chi connectivity index (χ0n) is 10.2. The number of rotatable bonds is 4. The minimum Gasteiger partial charge on any atom is -0.490 e. The fraction of sp³-hybridized carbons (Fsp3) is 0.308. The van der Waals surface area contributed by atoms with E-state index in [9.17, 15) is 0 Å². The van der Waals surface area contributed by atoms with Gasteiger partial charge in [0.2, 0.25) is 0 Å². The molecule has 1 aromatic carbocycles. The van der Waals surface area contributed by atoms with E-state index in [2.05, 4.69) is 47.1 Å². The molecule has 0 saturated carbocycles. The second-order valence-electron chi connectivity index (χ2n) is 4.30. The first-order valence-electron chi connectivity index (χ1n) is 5.71. The van der Waals surface area contributed by atoms with E-state index in [1.165, 1.54) is 0 Å². The van der Waals surface area contributed by atoms with E-state index < -0.39 is 0 Å². The molecule has 1 heterocycles. The molecule has 2 rings (SSSR count). The van der Waals surface area contributed by atoms with Gasteiger partial charge < -0.3 is 4.74 Å². The minimum absolute atomic E-state index is 0.365. The van der Waals surface area contributed by atoms with Crippen LogP contribution in [0.3, 0.4) is 0 Å². The van der Waals surface area contributed by atoms with Gasteiger partial charge in [-0.2, -0.15) is 12.6 Å². The molecule has 0 radical (unpaired) electrons. The van der Waals surface area contributed by atoms with Crippen LogP contribution in [0.4, 0.5) is 0 Å². The Hall–Kier alpha value is 0.0900. The predicted molar refractivity (Wildman–Crippen MR) is 93.0 cm³/mol. The largest absolute Gasteiger partial charge is 0.490 e. The summed E-state index contributed by atoms with van der Waals surface area (Å²) in [6, 6.07) is 5.46. The van der Waals surface area contributed by atoms with Crippen molar-refractivity contribution in [3.05, 3.63) is 31.9 Å². The van der Waals surface area contributed by atoms with E-state index in [0.717, 1.165) is 20.5 Å². The average Bonchev–Trinajstić information content (AvgIpc) is 2.37. The zero-order valence-corrected chi connectivity index (χ0v) is 14.7. The minimum atomic E-state index is 0.365. The van der Waals surface area contributed by atoms with Crippen LogP contribution < -0.4 is 4.74 Å². The number of aromatic nitrogens is 1. The molecule has 19 heavy (non-hydrogen) atoms. The van der Waals surface area contributed by atoms with Crippen LogP contribution >= 0.6 is 58.4 Å². The summed E-state index contributed by atoms with van der Waals surface area (Å²) in [5.41, 5.74) is 0.704. The van der Waals surface area contributed by atoms with Gasteiger partial charge in [0.05, 0.1) is 15.2 Å². The Morgan fingerprint density at radius 3 is 2.84 bits per heavy atom. The van der Waals surface area contributed by atoms with Crippen molar-refractivity contribution in [2.45, 2.75) is 6.92 Å².